The van der Waals surface area contributed by atoms with Gasteiger partial charge in [0.15, 0.2) is 0 Å². The van der Waals surface area contributed by atoms with E-state index in [9.17, 15) is 0 Å². The van der Waals surface area contributed by atoms with E-state index in [1.807, 2.05) is 6.92 Å². The molecule has 104 valence electrons. The zero-order chi connectivity index (χ0) is 13.2. The molecule has 1 N–H and O–H groups in total. The smallest absolute Gasteiger partial charge is 0.142 e. The van der Waals surface area contributed by atoms with Crippen molar-refractivity contribution in [2.45, 2.75) is 32.7 Å². The van der Waals surface area contributed by atoms with E-state index < -0.39 is 0 Å². The van der Waals surface area contributed by atoms with Crippen LogP contribution in [0, 0.1) is 12.8 Å². The normalized spacial score (nSPS) is 29.3. The van der Waals surface area contributed by atoms with Gasteiger partial charge in [-0.25, -0.2) is 0 Å². The summed E-state index contributed by atoms with van der Waals surface area (Å²) in [5.41, 5.74) is 2.41. The molecule has 3 aliphatic rings. The molecule has 1 aromatic rings. The first kappa shape index (κ1) is 12.8. The van der Waals surface area contributed by atoms with Crippen molar-refractivity contribution in [2.75, 3.05) is 31.6 Å². The van der Waals surface area contributed by atoms with Gasteiger partial charge in [0.25, 0.3) is 0 Å². The fraction of sp³-hybridized carbons (Fsp3) is 0.625. The molecule has 3 heterocycles. The van der Waals surface area contributed by atoms with Gasteiger partial charge in [0.1, 0.15) is 5.75 Å². The lowest BCUT2D eigenvalue weighted by atomic mass is 9.84. The molecule has 3 nitrogen and oxygen atoms in total. The third-order valence-electron chi connectivity index (χ3n) is 4.43. The minimum Gasteiger partial charge on any atom is -0.492 e. The number of nitrogens with one attached hydrogen (secondary N) is 1. The first-order valence-electron chi connectivity index (χ1n) is 7.48. The van der Waals surface area contributed by atoms with Crippen molar-refractivity contribution in [1.29, 1.82) is 0 Å². The Morgan fingerprint density at radius 2 is 2.11 bits per heavy atom. The first-order chi connectivity index (χ1) is 9.26. The monoisotopic (exact) mass is 260 g/mol. The largest absolute Gasteiger partial charge is 0.492 e. The number of piperidine rings is 3. The third kappa shape index (κ3) is 2.71. The summed E-state index contributed by atoms with van der Waals surface area (Å²) in [6, 6.07) is 7.04. The molecule has 4 rings (SSSR count). The maximum atomic E-state index is 5.76. The van der Waals surface area contributed by atoms with Crippen molar-refractivity contribution < 1.29 is 4.74 Å². The van der Waals surface area contributed by atoms with Gasteiger partial charge < -0.3 is 15.0 Å². The van der Waals surface area contributed by atoms with Gasteiger partial charge in [-0.15, -0.1) is 0 Å². The highest BCUT2D eigenvalue weighted by Gasteiger charge is 2.34. The summed E-state index contributed by atoms with van der Waals surface area (Å²) in [6.45, 7) is 8.63. The lowest BCUT2D eigenvalue weighted by molar-refractivity contribution is 0.0974. The van der Waals surface area contributed by atoms with Crippen LogP contribution >= 0.6 is 0 Å². The van der Waals surface area contributed by atoms with Gasteiger partial charge in [-0.3, -0.25) is 0 Å². The Labute approximate surface area is 115 Å². The second kappa shape index (κ2) is 5.41. The molecule has 0 spiro atoms. The van der Waals surface area contributed by atoms with E-state index in [0.29, 0.717) is 6.04 Å². The van der Waals surface area contributed by atoms with Crippen LogP contribution in [0.2, 0.25) is 0 Å². The molecular formula is C16H24N2O. The molecule has 0 aromatic heterocycles. The van der Waals surface area contributed by atoms with E-state index >= 15 is 0 Å². The summed E-state index contributed by atoms with van der Waals surface area (Å²) in [6.07, 6.45) is 2.68. The number of fused-ring (bicyclic) bond motifs is 3. The molecule has 0 aliphatic carbocycles. The summed E-state index contributed by atoms with van der Waals surface area (Å²) < 4.78 is 5.76. The zero-order valence-corrected chi connectivity index (χ0v) is 12.0. The van der Waals surface area contributed by atoms with Gasteiger partial charge in [0.2, 0.25) is 0 Å². The van der Waals surface area contributed by atoms with Gasteiger partial charge in [-0.05, 0) is 63.4 Å². The highest BCUT2D eigenvalue weighted by Crippen LogP contribution is 2.33. The van der Waals surface area contributed by atoms with E-state index in [1.54, 1.807) is 0 Å². The second-order valence-corrected chi connectivity index (χ2v) is 5.82. The predicted molar refractivity (Wildman–Crippen MR) is 78.9 cm³/mol. The van der Waals surface area contributed by atoms with Crippen LogP contribution < -0.4 is 10.1 Å². The summed E-state index contributed by atoms with van der Waals surface area (Å²) in [7, 11) is 0. The van der Waals surface area contributed by atoms with Crippen molar-refractivity contribution >= 4 is 5.69 Å². The molecule has 3 heteroatoms. The van der Waals surface area contributed by atoms with Gasteiger partial charge in [0, 0.05) is 12.6 Å². The average molecular weight is 260 g/mol. The van der Waals surface area contributed by atoms with Crippen LogP contribution in [0.1, 0.15) is 25.3 Å². The molecule has 3 fully saturated rings. The molecule has 3 saturated heterocycles. The van der Waals surface area contributed by atoms with Gasteiger partial charge in [0.05, 0.1) is 12.3 Å². The van der Waals surface area contributed by atoms with Crippen molar-refractivity contribution in [1.82, 2.24) is 4.90 Å². The Morgan fingerprint density at radius 3 is 2.74 bits per heavy atom. The molecule has 0 radical (unpaired) electrons. The zero-order valence-electron chi connectivity index (χ0n) is 12.0. The number of anilines is 1. The SMILES string of the molecule is CCOc1cc(C)ccc1NC1CN2CCC1CC2. The number of hydrogen-bond donors (Lipinski definition) is 1. The summed E-state index contributed by atoms with van der Waals surface area (Å²) in [5, 5.41) is 3.73. The number of ether oxygens (including phenoxy) is 1. The van der Waals surface area contributed by atoms with Gasteiger partial charge in [-0.2, -0.15) is 0 Å². The molecule has 2 bridgehead atoms. The van der Waals surface area contributed by atoms with E-state index in [-0.39, 0.29) is 0 Å². The van der Waals surface area contributed by atoms with Crippen LogP contribution in [0.4, 0.5) is 5.69 Å². The van der Waals surface area contributed by atoms with E-state index in [0.717, 1.165) is 24.0 Å². The molecule has 0 amide bonds. The predicted octanol–water partition coefficient (Wildman–Crippen LogP) is 2.90. The Balaban J connectivity index is 1.75. The van der Waals surface area contributed by atoms with E-state index in [2.05, 4.69) is 35.3 Å². The number of rotatable bonds is 4. The standard InChI is InChI=1S/C16H24N2O/c1-3-19-16-10-12(2)4-5-14(16)17-15-11-18-8-6-13(15)7-9-18/h4-5,10,13,15,17H,3,6-9,11H2,1-2H3. The molecule has 3 aliphatic heterocycles. The van der Waals surface area contributed by atoms with Crippen LogP contribution in [-0.2, 0) is 0 Å². The van der Waals surface area contributed by atoms with Crippen molar-refractivity contribution in [3.05, 3.63) is 23.8 Å². The Bertz CT molecular complexity index is 438. The molecule has 0 saturated carbocycles. The first-order valence-corrected chi connectivity index (χ1v) is 7.48. The Kier molecular flexibility index (Phi) is 3.65. The average Bonchev–Trinajstić information content (AvgIpc) is 2.43. The van der Waals surface area contributed by atoms with Gasteiger partial charge in [-0.1, -0.05) is 6.07 Å². The van der Waals surface area contributed by atoms with Crippen LogP contribution in [0.3, 0.4) is 0 Å². The lowest BCUT2D eigenvalue weighted by Crippen LogP contribution is -2.53. The quantitative estimate of drug-likeness (QED) is 0.901. The number of nitrogens with zero attached hydrogens (tertiary/aromatic N) is 1. The fourth-order valence-electron chi connectivity index (χ4n) is 3.35. The van der Waals surface area contributed by atoms with Crippen LogP contribution in [0.5, 0.6) is 5.75 Å². The van der Waals surface area contributed by atoms with Crippen LogP contribution in [0.25, 0.3) is 0 Å². The molecule has 1 unspecified atom stereocenters. The number of benzene rings is 1. The van der Waals surface area contributed by atoms with Crippen LogP contribution in [0.15, 0.2) is 18.2 Å². The minimum absolute atomic E-state index is 0.587. The number of aryl methyl sites for hydroxylation is 1. The molecule has 1 atom stereocenters. The fourth-order valence-corrected chi connectivity index (χ4v) is 3.35. The molecule has 1 aromatic carbocycles. The second-order valence-electron chi connectivity index (χ2n) is 5.82. The lowest BCUT2D eigenvalue weighted by Gasteiger charge is -2.45. The third-order valence-corrected chi connectivity index (χ3v) is 4.43. The van der Waals surface area contributed by atoms with Crippen molar-refractivity contribution in [2.24, 2.45) is 5.92 Å². The Hall–Kier alpha value is -1.22. The Morgan fingerprint density at radius 1 is 1.32 bits per heavy atom. The minimum atomic E-state index is 0.587. The van der Waals surface area contributed by atoms with E-state index in [1.165, 1.54) is 38.0 Å². The van der Waals surface area contributed by atoms with Crippen molar-refractivity contribution in [3.63, 3.8) is 0 Å². The summed E-state index contributed by atoms with van der Waals surface area (Å²) >= 11 is 0. The number of hydrogen-bond acceptors (Lipinski definition) is 3. The topological polar surface area (TPSA) is 24.5 Å². The summed E-state index contributed by atoms with van der Waals surface area (Å²) in [4.78, 5) is 2.58. The molecule has 19 heavy (non-hydrogen) atoms. The summed E-state index contributed by atoms with van der Waals surface area (Å²) in [5.74, 6) is 1.83. The van der Waals surface area contributed by atoms with Crippen LogP contribution in [-0.4, -0.2) is 37.2 Å². The maximum absolute atomic E-state index is 5.76. The van der Waals surface area contributed by atoms with E-state index in [4.69, 9.17) is 4.74 Å². The highest BCUT2D eigenvalue weighted by atomic mass is 16.5. The highest BCUT2D eigenvalue weighted by molar-refractivity contribution is 5.58. The van der Waals surface area contributed by atoms with Crippen molar-refractivity contribution in [3.8, 4) is 5.75 Å². The molecular weight excluding hydrogens is 236 g/mol. The van der Waals surface area contributed by atoms with Gasteiger partial charge >= 0.3 is 0 Å². The maximum Gasteiger partial charge on any atom is 0.142 e.